The molecule has 3 heteroatoms. The van der Waals surface area contributed by atoms with Gasteiger partial charge in [-0.05, 0) is 24.0 Å². The number of para-hydroxylation sites is 1. The number of hydrogen-bond acceptors (Lipinski definition) is 3. The zero-order chi connectivity index (χ0) is 11.7. The molecular weight excluding hydrogens is 200 g/mol. The molecule has 0 saturated carbocycles. The number of anilines is 1. The Balaban J connectivity index is 2.34. The Kier molecular flexibility index (Phi) is 3.17. The monoisotopic (exact) mass is 220 g/mol. The van der Waals surface area contributed by atoms with Gasteiger partial charge in [0.1, 0.15) is 0 Å². The quantitative estimate of drug-likeness (QED) is 0.796. The molecule has 1 heterocycles. The molecule has 0 aromatic heterocycles. The predicted molar refractivity (Wildman–Crippen MR) is 66.8 cm³/mol. The number of rotatable bonds is 3. The van der Waals surface area contributed by atoms with Crippen LogP contribution in [0.25, 0.3) is 0 Å². The van der Waals surface area contributed by atoms with E-state index < -0.39 is 6.10 Å². The van der Waals surface area contributed by atoms with Gasteiger partial charge < -0.3 is 15.7 Å². The van der Waals surface area contributed by atoms with Crippen LogP contribution >= 0.6 is 0 Å². The van der Waals surface area contributed by atoms with Crippen molar-refractivity contribution in [3.8, 4) is 0 Å². The van der Waals surface area contributed by atoms with Crippen molar-refractivity contribution in [2.75, 3.05) is 18.5 Å². The van der Waals surface area contributed by atoms with E-state index in [0.29, 0.717) is 6.54 Å². The van der Waals surface area contributed by atoms with Gasteiger partial charge in [0.2, 0.25) is 0 Å². The summed E-state index contributed by atoms with van der Waals surface area (Å²) >= 11 is 0. The topological polar surface area (TPSA) is 49.5 Å². The number of hydrogen-bond donors (Lipinski definition) is 2. The molecule has 3 nitrogen and oxygen atoms in total. The van der Waals surface area contributed by atoms with E-state index in [1.54, 1.807) is 0 Å². The standard InChI is InChI=1S/C13H20N2O/c1-3-9-5-4-6-10-7-11(12(16)8-14)15(2)13(9)10/h4-6,11-12,16H,3,7-8,14H2,1-2H3. The summed E-state index contributed by atoms with van der Waals surface area (Å²) in [6, 6.07) is 6.54. The van der Waals surface area contributed by atoms with Gasteiger partial charge in [-0.25, -0.2) is 0 Å². The van der Waals surface area contributed by atoms with Gasteiger partial charge >= 0.3 is 0 Å². The van der Waals surface area contributed by atoms with Gasteiger partial charge in [-0.2, -0.15) is 0 Å². The minimum absolute atomic E-state index is 0.132. The molecule has 3 N–H and O–H groups in total. The molecule has 16 heavy (non-hydrogen) atoms. The van der Waals surface area contributed by atoms with Crippen LogP contribution in [0.3, 0.4) is 0 Å². The third-order valence-electron chi connectivity index (χ3n) is 3.55. The van der Waals surface area contributed by atoms with Crippen molar-refractivity contribution in [1.82, 2.24) is 0 Å². The van der Waals surface area contributed by atoms with E-state index in [0.717, 1.165) is 12.8 Å². The van der Waals surface area contributed by atoms with Crippen molar-refractivity contribution < 1.29 is 5.11 Å². The molecule has 0 spiro atoms. The molecule has 1 aliphatic heterocycles. The first kappa shape index (κ1) is 11.4. The first-order valence-electron chi connectivity index (χ1n) is 5.90. The smallest absolute Gasteiger partial charge is 0.0868 e. The second-order valence-electron chi connectivity index (χ2n) is 4.46. The summed E-state index contributed by atoms with van der Waals surface area (Å²) in [5, 5.41) is 9.90. The molecule has 2 atom stereocenters. The van der Waals surface area contributed by atoms with Gasteiger partial charge in [0.25, 0.3) is 0 Å². The molecule has 0 bridgehead atoms. The highest BCUT2D eigenvalue weighted by Gasteiger charge is 2.32. The third kappa shape index (κ3) is 1.70. The van der Waals surface area contributed by atoms with Crippen molar-refractivity contribution in [2.45, 2.75) is 31.9 Å². The molecule has 1 aromatic carbocycles. The zero-order valence-corrected chi connectivity index (χ0v) is 9.98. The van der Waals surface area contributed by atoms with Crippen molar-refractivity contribution in [3.63, 3.8) is 0 Å². The summed E-state index contributed by atoms with van der Waals surface area (Å²) in [7, 11) is 2.05. The Labute approximate surface area is 96.9 Å². The van der Waals surface area contributed by atoms with E-state index in [9.17, 15) is 5.11 Å². The van der Waals surface area contributed by atoms with Crippen LogP contribution in [0.15, 0.2) is 18.2 Å². The normalized spacial score (nSPS) is 21.0. The Hall–Kier alpha value is -1.06. The molecule has 0 aliphatic carbocycles. The van der Waals surface area contributed by atoms with E-state index in [4.69, 9.17) is 5.73 Å². The van der Waals surface area contributed by atoms with Gasteiger partial charge in [-0.1, -0.05) is 25.1 Å². The second kappa shape index (κ2) is 4.44. The number of benzene rings is 1. The molecular formula is C13H20N2O. The van der Waals surface area contributed by atoms with E-state index >= 15 is 0 Å². The number of nitrogens with two attached hydrogens (primary N) is 1. The molecule has 0 saturated heterocycles. The summed E-state index contributed by atoms with van der Waals surface area (Å²) < 4.78 is 0. The molecule has 1 aromatic rings. The average molecular weight is 220 g/mol. The Morgan fingerprint density at radius 1 is 1.56 bits per heavy atom. The fourth-order valence-electron chi connectivity index (χ4n) is 2.63. The van der Waals surface area contributed by atoms with Crippen molar-refractivity contribution >= 4 is 5.69 Å². The number of fused-ring (bicyclic) bond motifs is 1. The number of aliphatic hydroxyl groups excluding tert-OH is 1. The highest BCUT2D eigenvalue weighted by Crippen LogP contribution is 2.35. The molecule has 1 aliphatic rings. The maximum Gasteiger partial charge on any atom is 0.0868 e. The van der Waals surface area contributed by atoms with Gasteiger partial charge in [0.05, 0.1) is 12.1 Å². The first-order chi connectivity index (χ1) is 7.69. The number of aryl methyl sites for hydroxylation is 1. The van der Waals surface area contributed by atoms with Crippen molar-refractivity contribution in [2.24, 2.45) is 5.73 Å². The zero-order valence-electron chi connectivity index (χ0n) is 9.98. The Morgan fingerprint density at radius 2 is 2.31 bits per heavy atom. The molecule has 88 valence electrons. The predicted octanol–water partition coefficient (Wildman–Crippen LogP) is 0.929. The lowest BCUT2D eigenvalue weighted by atomic mass is 10.0. The third-order valence-corrected chi connectivity index (χ3v) is 3.55. The fourth-order valence-corrected chi connectivity index (χ4v) is 2.63. The van der Waals surface area contributed by atoms with E-state index in [1.807, 2.05) is 0 Å². The highest BCUT2D eigenvalue weighted by atomic mass is 16.3. The number of aliphatic hydroxyl groups is 1. The summed E-state index contributed by atoms with van der Waals surface area (Å²) in [6.45, 7) is 2.49. The molecule has 0 amide bonds. The average Bonchev–Trinajstić information content (AvgIpc) is 2.66. The summed E-state index contributed by atoms with van der Waals surface area (Å²) in [5.74, 6) is 0. The second-order valence-corrected chi connectivity index (χ2v) is 4.46. The maximum atomic E-state index is 9.90. The fraction of sp³-hybridized carbons (Fsp3) is 0.538. The van der Waals surface area contributed by atoms with E-state index in [1.165, 1.54) is 16.8 Å². The van der Waals surface area contributed by atoms with Crippen molar-refractivity contribution in [3.05, 3.63) is 29.3 Å². The van der Waals surface area contributed by atoms with Gasteiger partial charge in [-0.3, -0.25) is 0 Å². The molecule has 0 fully saturated rings. The van der Waals surface area contributed by atoms with Gasteiger partial charge in [0, 0.05) is 19.3 Å². The summed E-state index contributed by atoms with van der Waals surface area (Å²) in [6.07, 6.45) is 1.49. The van der Waals surface area contributed by atoms with Crippen LogP contribution in [0, 0.1) is 0 Å². The number of nitrogens with zero attached hydrogens (tertiary/aromatic N) is 1. The van der Waals surface area contributed by atoms with Crippen LogP contribution in [0.1, 0.15) is 18.1 Å². The van der Waals surface area contributed by atoms with Crippen LogP contribution in [0.2, 0.25) is 0 Å². The lowest BCUT2D eigenvalue weighted by Gasteiger charge is -2.27. The largest absolute Gasteiger partial charge is 0.390 e. The Bertz CT molecular complexity index is 378. The van der Waals surface area contributed by atoms with E-state index in [-0.39, 0.29) is 6.04 Å². The van der Waals surface area contributed by atoms with Gasteiger partial charge in [0.15, 0.2) is 0 Å². The van der Waals surface area contributed by atoms with Gasteiger partial charge in [-0.15, -0.1) is 0 Å². The van der Waals surface area contributed by atoms with Crippen LogP contribution in [0.5, 0.6) is 0 Å². The van der Waals surface area contributed by atoms with E-state index in [2.05, 4.69) is 37.1 Å². The number of likely N-dealkylation sites (N-methyl/N-ethyl adjacent to an activating group) is 1. The highest BCUT2D eigenvalue weighted by molar-refractivity contribution is 5.64. The Morgan fingerprint density at radius 3 is 2.94 bits per heavy atom. The van der Waals surface area contributed by atoms with Crippen molar-refractivity contribution in [1.29, 1.82) is 0 Å². The minimum Gasteiger partial charge on any atom is -0.390 e. The van der Waals surface area contributed by atoms with Crippen LogP contribution in [-0.4, -0.2) is 30.8 Å². The maximum absolute atomic E-state index is 9.90. The molecule has 0 radical (unpaired) electrons. The minimum atomic E-state index is -0.442. The lowest BCUT2D eigenvalue weighted by molar-refractivity contribution is 0.153. The van der Waals surface area contributed by atoms with Crippen LogP contribution in [-0.2, 0) is 12.8 Å². The summed E-state index contributed by atoms with van der Waals surface area (Å²) in [5.41, 5.74) is 9.52. The molecule has 2 rings (SSSR count). The lowest BCUT2D eigenvalue weighted by Crippen LogP contribution is -2.43. The molecule has 2 unspecified atom stereocenters. The van der Waals surface area contributed by atoms with Crippen LogP contribution < -0.4 is 10.6 Å². The van der Waals surface area contributed by atoms with Crippen LogP contribution in [0.4, 0.5) is 5.69 Å². The summed E-state index contributed by atoms with van der Waals surface area (Å²) in [4.78, 5) is 2.19. The SMILES string of the molecule is CCc1cccc2c1N(C)C(C(O)CN)C2. The first-order valence-corrected chi connectivity index (χ1v) is 5.90.